The van der Waals surface area contributed by atoms with Crippen molar-refractivity contribution >= 4 is 21.7 Å². The molecule has 0 bridgehead atoms. The molecule has 0 N–H and O–H groups in total. The van der Waals surface area contributed by atoms with Crippen LogP contribution in [0.25, 0.3) is 6.08 Å². The van der Waals surface area contributed by atoms with Gasteiger partial charge in [0.25, 0.3) is 0 Å². The number of aryl methyl sites for hydroxylation is 6. The van der Waals surface area contributed by atoms with Gasteiger partial charge in [-0.1, -0.05) is 96.1 Å². The number of hydrogen-bond acceptors (Lipinski definition) is 2. The Labute approximate surface area is 273 Å². The molecule has 0 spiro atoms. The Morgan fingerprint density at radius 2 is 0.886 bits per heavy atom. The summed E-state index contributed by atoms with van der Waals surface area (Å²) < 4.78 is 2.89. The SMILES string of the molecule is Cc1cc(C)c(N2[CH-]N(c3c(C)cc(C)cc3C)[C@H](c3ccccc3)[C@H]2c2ccccc2)c(C)c1.[Ru+]=[C]=Cc1ccccc1. The van der Waals surface area contributed by atoms with E-state index in [9.17, 15) is 0 Å². The van der Waals surface area contributed by atoms with E-state index in [1.54, 1.807) is 0 Å². The molecule has 1 aliphatic rings. The first-order chi connectivity index (χ1) is 21.3. The minimum absolute atomic E-state index is 0.138. The predicted molar refractivity (Wildman–Crippen MR) is 185 cm³/mol. The van der Waals surface area contributed by atoms with E-state index in [1.807, 2.05) is 36.4 Å². The first-order valence-corrected chi connectivity index (χ1v) is 16.1. The van der Waals surface area contributed by atoms with Gasteiger partial charge in [0, 0.05) is 11.4 Å². The van der Waals surface area contributed by atoms with Gasteiger partial charge in [-0.05, 0) is 74.9 Å². The monoisotopic (exact) mass is 663 g/mol. The molecule has 2 nitrogen and oxygen atoms in total. The summed E-state index contributed by atoms with van der Waals surface area (Å²) in [6.45, 7) is 15.7. The van der Waals surface area contributed by atoms with Gasteiger partial charge >= 0.3 is 64.1 Å². The van der Waals surface area contributed by atoms with Crippen molar-refractivity contribution in [2.75, 3.05) is 9.80 Å². The molecule has 1 fully saturated rings. The Balaban J connectivity index is 0.000000367. The molecule has 0 radical (unpaired) electrons. The van der Waals surface area contributed by atoms with Gasteiger partial charge in [0.2, 0.25) is 0 Å². The second-order valence-electron chi connectivity index (χ2n) is 11.8. The average molecular weight is 663 g/mol. The molecular formula is C41H41N2Ru. The number of hydrogen-bond donors (Lipinski definition) is 0. The Morgan fingerprint density at radius 1 is 0.545 bits per heavy atom. The summed E-state index contributed by atoms with van der Waals surface area (Å²) in [7, 11) is 0. The second kappa shape index (κ2) is 14.2. The van der Waals surface area contributed by atoms with Crippen LogP contribution < -0.4 is 9.80 Å². The molecule has 223 valence electrons. The van der Waals surface area contributed by atoms with Crippen molar-refractivity contribution in [1.29, 1.82) is 0 Å². The van der Waals surface area contributed by atoms with Gasteiger partial charge in [-0.2, -0.15) is 6.67 Å². The van der Waals surface area contributed by atoms with E-state index >= 15 is 0 Å². The van der Waals surface area contributed by atoms with Crippen LogP contribution in [-0.4, -0.2) is 4.26 Å². The zero-order chi connectivity index (χ0) is 31.2. The van der Waals surface area contributed by atoms with Crippen LogP contribution in [0, 0.1) is 48.2 Å². The molecule has 0 unspecified atom stereocenters. The fraction of sp³-hybridized carbons (Fsp3) is 0.195. The zero-order valence-corrected chi connectivity index (χ0v) is 28.3. The van der Waals surface area contributed by atoms with E-state index < -0.39 is 0 Å². The van der Waals surface area contributed by atoms with Crippen LogP contribution in [0.5, 0.6) is 0 Å². The molecule has 0 aliphatic carbocycles. The van der Waals surface area contributed by atoms with Crippen molar-refractivity contribution in [3.63, 3.8) is 0 Å². The maximum atomic E-state index is 2.89. The molecule has 0 aromatic heterocycles. The summed E-state index contributed by atoms with van der Waals surface area (Å²) in [4.78, 5) is 5.05. The Bertz CT molecular complexity index is 1600. The van der Waals surface area contributed by atoms with Crippen molar-refractivity contribution in [1.82, 2.24) is 0 Å². The molecule has 5 aromatic rings. The fourth-order valence-electron chi connectivity index (χ4n) is 6.73. The Hall–Kier alpha value is -4.03. The summed E-state index contributed by atoms with van der Waals surface area (Å²) in [6, 6.07) is 41.6. The molecule has 1 aliphatic heterocycles. The third-order valence-electron chi connectivity index (χ3n) is 8.23. The quantitative estimate of drug-likeness (QED) is 0.137. The Kier molecular flexibility index (Phi) is 10.1. The molecule has 0 amide bonds. The summed E-state index contributed by atoms with van der Waals surface area (Å²) in [5.74, 6) is 0. The van der Waals surface area contributed by atoms with Crippen molar-refractivity contribution < 1.29 is 17.9 Å². The van der Waals surface area contributed by atoms with Gasteiger partial charge in [-0.15, -0.1) is 0 Å². The van der Waals surface area contributed by atoms with Crippen LogP contribution in [0.2, 0.25) is 0 Å². The summed E-state index contributed by atoms with van der Waals surface area (Å²) in [5.41, 5.74) is 14.3. The van der Waals surface area contributed by atoms with E-state index in [-0.39, 0.29) is 12.1 Å². The molecule has 5 aromatic carbocycles. The third-order valence-corrected chi connectivity index (χ3v) is 8.48. The van der Waals surface area contributed by atoms with Crippen LogP contribution in [-0.2, 0) is 17.9 Å². The normalized spacial score (nSPS) is 15.8. The minimum atomic E-state index is 0.138. The predicted octanol–water partition coefficient (Wildman–Crippen LogP) is 10.1. The van der Waals surface area contributed by atoms with Gasteiger partial charge in [0.1, 0.15) is 0 Å². The van der Waals surface area contributed by atoms with E-state index in [0.717, 1.165) is 0 Å². The van der Waals surface area contributed by atoms with Crippen molar-refractivity contribution in [2.24, 2.45) is 0 Å². The van der Waals surface area contributed by atoms with E-state index in [2.05, 4.69) is 165 Å². The van der Waals surface area contributed by atoms with E-state index in [0.29, 0.717) is 0 Å². The van der Waals surface area contributed by atoms with Gasteiger partial charge < -0.3 is 9.80 Å². The number of benzene rings is 5. The second-order valence-corrected chi connectivity index (χ2v) is 12.3. The number of nitrogens with zero attached hydrogens (tertiary/aromatic N) is 2. The van der Waals surface area contributed by atoms with Crippen LogP contribution in [0.15, 0.2) is 115 Å². The molecular weight excluding hydrogens is 622 g/mol. The van der Waals surface area contributed by atoms with Crippen molar-refractivity contribution in [3.8, 4) is 0 Å². The molecule has 0 saturated carbocycles. The average Bonchev–Trinajstić information content (AvgIpc) is 3.37. The van der Waals surface area contributed by atoms with Gasteiger partial charge in [0.05, 0.1) is 12.1 Å². The summed E-state index contributed by atoms with van der Waals surface area (Å²) in [6.07, 6.45) is 1.93. The molecule has 6 rings (SSSR count). The molecule has 3 heteroatoms. The topological polar surface area (TPSA) is 6.48 Å². The van der Waals surface area contributed by atoms with Crippen LogP contribution in [0.1, 0.15) is 62.2 Å². The van der Waals surface area contributed by atoms with Crippen LogP contribution in [0.4, 0.5) is 11.4 Å². The van der Waals surface area contributed by atoms with E-state index in [4.69, 9.17) is 0 Å². The standard InChI is InChI=1S/C33H35N2.C8H6.Ru/c1-22-17-24(3)30(25(4)18-22)34-21-35(31-26(5)19-23(2)20-27(31)6)33(29-15-11-8-12-16-29)32(34)28-13-9-7-10-14-28;1-2-8-6-4-3-5-7-8;/h7-21,32-33H,1-6H3;2-7H;/q-1;;+1/t32-,33-;;/m1../s1. The summed E-state index contributed by atoms with van der Waals surface area (Å²) >= 11 is 2.34. The molecule has 2 atom stereocenters. The Morgan fingerprint density at radius 3 is 1.23 bits per heavy atom. The molecule has 44 heavy (non-hydrogen) atoms. The first-order valence-electron chi connectivity index (χ1n) is 15.2. The van der Waals surface area contributed by atoms with Crippen LogP contribution >= 0.6 is 0 Å². The zero-order valence-electron chi connectivity index (χ0n) is 26.5. The van der Waals surface area contributed by atoms with Gasteiger partial charge in [0.15, 0.2) is 0 Å². The molecule has 1 heterocycles. The maximum absolute atomic E-state index is 2.89. The van der Waals surface area contributed by atoms with Gasteiger partial charge in [-0.3, -0.25) is 0 Å². The summed E-state index contributed by atoms with van der Waals surface area (Å²) in [5, 5.41) is 0. The van der Waals surface area contributed by atoms with Gasteiger partial charge in [-0.25, -0.2) is 0 Å². The third kappa shape index (κ3) is 6.86. The van der Waals surface area contributed by atoms with Crippen LogP contribution in [0.3, 0.4) is 0 Å². The number of rotatable bonds is 5. The fourth-order valence-corrected chi connectivity index (χ4v) is 7.02. The van der Waals surface area contributed by atoms with E-state index in [1.165, 1.54) is 61.4 Å². The number of anilines is 2. The van der Waals surface area contributed by atoms with Crippen molar-refractivity contribution in [2.45, 2.75) is 53.6 Å². The van der Waals surface area contributed by atoms with Crippen molar-refractivity contribution in [3.05, 3.63) is 172 Å². The first kappa shape index (κ1) is 31.4. The molecule has 1 saturated heterocycles.